The molecule has 0 spiro atoms. The van der Waals surface area contributed by atoms with Gasteiger partial charge in [0.15, 0.2) is 5.82 Å². The third-order valence-corrected chi connectivity index (χ3v) is 5.42. The van der Waals surface area contributed by atoms with Gasteiger partial charge in [-0.1, -0.05) is 0 Å². The molecule has 24 heavy (non-hydrogen) atoms. The molecule has 3 heterocycles. The molecule has 1 amide bonds. The summed E-state index contributed by atoms with van der Waals surface area (Å²) in [4.78, 5) is 26.5. The Balaban J connectivity index is 1.55. The van der Waals surface area contributed by atoms with E-state index in [1.165, 1.54) is 12.8 Å². The maximum atomic E-state index is 12.8. The van der Waals surface area contributed by atoms with Crippen LogP contribution in [-0.4, -0.2) is 36.7 Å². The van der Waals surface area contributed by atoms with Crippen LogP contribution in [0.25, 0.3) is 0 Å². The molecule has 128 valence electrons. The van der Waals surface area contributed by atoms with Gasteiger partial charge in [-0.3, -0.25) is 9.36 Å². The molecule has 2 aliphatic rings. The van der Waals surface area contributed by atoms with Crippen LogP contribution in [-0.2, 0) is 18.4 Å². The number of nitrogens with zero attached hydrogens (tertiary/aromatic N) is 4. The predicted molar refractivity (Wildman–Crippen MR) is 88.2 cm³/mol. The Hall–Kier alpha value is -2.31. The molecule has 7 nitrogen and oxygen atoms in total. The molecular formula is C17H23N5O2. The molecule has 1 aliphatic carbocycles. The van der Waals surface area contributed by atoms with Crippen LogP contribution in [0.5, 0.6) is 0 Å². The van der Waals surface area contributed by atoms with Gasteiger partial charge >= 0.3 is 5.69 Å². The molecule has 1 aliphatic heterocycles. The van der Waals surface area contributed by atoms with Crippen LogP contribution in [0.3, 0.4) is 0 Å². The Labute approximate surface area is 140 Å². The molecular weight excluding hydrogens is 306 g/mol. The second-order valence-corrected chi connectivity index (χ2v) is 6.94. The summed E-state index contributed by atoms with van der Waals surface area (Å²) in [5, 5.41) is 6.75. The molecule has 2 aromatic rings. The van der Waals surface area contributed by atoms with Gasteiger partial charge in [-0.15, -0.1) is 0 Å². The predicted octanol–water partition coefficient (Wildman–Crippen LogP) is 1.30. The van der Waals surface area contributed by atoms with E-state index in [1.807, 2.05) is 34.0 Å². The second-order valence-electron chi connectivity index (χ2n) is 6.94. The van der Waals surface area contributed by atoms with E-state index in [0.717, 1.165) is 13.0 Å². The van der Waals surface area contributed by atoms with Crippen molar-refractivity contribution in [2.75, 3.05) is 6.54 Å². The summed E-state index contributed by atoms with van der Waals surface area (Å²) in [7, 11) is 1.73. The minimum atomic E-state index is -0.216. The Morgan fingerprint density at radius 3 is 2.67 bits per heavy atom. The van der Waals surface area contributed by atoms with Crippen molar-refractivity contribution in [3.05, 3.63) is 40.8 Å². The maximum Gasteiger partial charge on any atom is 0.343 e. The van der Waals surface area contributed by atoms with Crippen LogP contribution < -0.4 is 5.69 Å². The van der Waals surface area contributed by atoms with Gasteiger partial charge in [0.2, 0.25) is 5.91 Å². The third-order valence-electron chi connectivity index (χ3n) is 5.42. The van der Waals surface area contributed by atoms with E-state index >= 15 is 0 Å². The molecule has 7 heteroatoms. The fraction of sp³-hybridized carbons (Fsp3) is 0.588. The van der Waals surface area contributed by atoms with Crippen LogP contribution in [0.15, 0.2) is 29.3 Å². The number of aryl methyl sites for hydroxylation is 1. The molecule has 0 bridgehead atoms. The molecule has 1 saturated carbocycles. The normalized spacial score (nSPS) is 23.8. The van der Waals surface area contributed by atoms with Crippen LogP contribution in [0.4, 0.5) is 0 Å². The Bertz CT molecular complexity index is 771. The quantitative estimate of drug-likeness (QED) is 0.898. The van der Waals surface area contributed by atoms with Crippen molar-refractivity contribution in [3.63, 3.8) is 0 Å². The zero-order chi connectivity index (χ0) is 16.7. The number of aromatic amines is 1. The van der Waals surface area contributed by atoms with E-state index in [4.69, 9.17) is 0 Å². The highest BCUT2D eigenvalue weighted by Crippen LogP contribution is 2.49. The lowest BCUT2D eigenvalue weighted by Gasteiger charge is -2.27. The molecule has 1 N–H and O–H groups in total. The number of amides is 1. The van der Waals surface area contributed by atoms with Gasteiger partial charge in [-0.2, -0.15) is 5.10 Å². The van der Waals surface area contributed by atoms with E-state index in [-0.39, 0.29) is 17.6 Å². The fourth-order valence-corrected chi connectivity index (χ4v) is 3.96. The number of hydrogen-bond acceptors (Lipinski definition) is 3. The zero-order valence-electron chi connectivity index (χ0n) is 13.9. The lowest BCUT2D eigenvalue weighted by Crippen LogP contribution is -2.35. The summed E-state index contributed by atoms with van der Waals surface area (Å²) in [6.07, 6.45) is 7.88. The summed E-state index contributed by atoms with van der Waals surface area (Å²) in [6, 6.07) is 3.86. The number of carbonyl (C=O) groups is 1. The highest BCUT2D eigenvalue weighted by Gasteiger charge is 2.47. The fourth-order valence-electron chi connectivity index (χ4n) is 3.96. The van der Waals surface area contributed by atoms with Gasteiger partial charge in [0, 0.05) is 39.0 Å². The number of aromatic nitrogens is 4. The molecule has 2 atom stereocenters. The molecule has 0 aromatic carbocycles. The van der Waals surface area contributed by atoms with Crippen LogP contribution in [0, 0.1) is 11.8 Å². The van der Waals surface area contributed by atoms with Gasteiger partial charge in [0.1, 0.15) is 0 Å². The summed E-state index contributed by atoms with van der Waals surface area (Å²) in [5.41, 5.74) is -0.216. The Kier molecular flexibility index (Phi) is 3.78. The first kappa shape index (κ1) is 15.2. The minimum absolute atomic E-state index is 0.0707. The first-order chi connectivity index (χ1) is 11.6. The van der Waals surface area contributed by atoms with Crippen LogP contribution in [0.2, 0.25) is 0 Å². The highest BCUT2D eigenvalue weighted by atomic mass is 16.2. The molecule has 2 aromatic heterocycles. The number of hydrogen-bond donors (Lipinski definition) is 1. The summed E-state index contributed by atoms with van der Waals surface area (Å²) in [6.45, 7) is 1.44. The van der Waals surface area contributed by atoms with Gasteiger partial charge in [0.25, 0.3) is 0 Å². The number of nitrogens with one attached hydrogen (secondary N) is 1. The van der Waals surface area contributed by atoms with E-state index in [9.17, 15) is 9.59 Å². The third kappa shape index (κ3) is 2.68. The van der Waals surface area contributed by atoms with Crippen molar-refractivity contribution in [2.45, 2.75) is 38.3 Å². The molecule has 1 saturated heterocycles. The van der Waals surface area contributed by atoms with Crippen molar-refractivity contribution in [3.8, 4) is 0 Å². The van der Waals surface area contributed by atoms with E-state index in [1.54, 1.807) is 11.6 Å². The average molecular weight is 329 g/mol. The van der Waals surface area contributed by atoms with Crippen molar-refractivity contribution in [1.29, 1.82) is 0 Å². The van der Waals surface area contributed by atoms with Crippen molar-refractivity contribution in [1.82, 2.24) is 24.2 Å². The van der Waals surface area contributed by atoms with E-state index < -0.39 is 0 Å². The Morgan fingerprint density at radius 2 is 2.04 bits per heavy atom. The zero-order valence-corrected chi connectivity index (χ0v) is 13.9. The Morgan fingerprint density at radius 1 is 1.29 bits per heavy atom. The first-order valence-electron chi connectivity index (χ1n) is 8.66. The van der Waals surface area contributed by atoms with Gasteiger partial charge < -0.3 is 9.47 Å². The van der Waals surface area contributed by atoms with Gasteiger partial charge in [-0.25, -0.2) is 9.89 Å². The number of likely N-dealkylation sites (tertiary alicyclic amines) is 1. The highest BCUT2D eigenvalue weighted by molar-refractivity contribution is 5.77. The van der Waals surface area contributed by atoms with Crippen LogP contribution >= 0.6 is 0 Å². The number of H-pyrrole nitrogens is 1. The average Bonchev–Trinajstić information content (AvgIpc) is 2.98. The molecule has 2 fully saturated rings. The molecule has 4 rings (SSSR count). The molecule has 0 radical (unpaired) electrons. The number of carbonyl (C=O) groups excluding carboxylic acids is 1. The van der Waals surface area contributed by atoms with E-state index in [0.29, 0.717) is 30.6 Å². The lowest BCUT2D eigenvalue weighted by atomic mass is 9.94. The largest absolute Gasteiger partial charge is 0.354 e. The standard InChI is InChI=1S/C17H23N5O2/c1-20-16(18-19-17(20)24)15-13(12-4-5-12)6-11-22(15)14(23)7-10-21-8-2-3-9-21/h2-3,8-9,12-13,15H,4-7,10-11H2,1H3,(H,19,24). The monoisotopic (exact) mass is 329 g/mol. The van der Waals surface area contributed by atoms with Crippen molar-refractivity contribution in [2.24, 2.45) is 18.9 Å². The van der Waals surface area contributed by atoms with Crippen molar-refractivity contribution < 1.29 is 4.79 Å². The maximum absolute atomic E-state index is 12.8. The first-order valence-corrected chi connectivity index (χ1v) is 8.66. The lowest BCUT2D eigenvalue weighted by molar-refractivity contribution is -0.133. The molecule has 2 unspecified atom stereocenters. The van der Waals surface area contributed by atoms with Crippen LogP contribution in [0.1, 0.15) is 37.5 Å². The van der Waals surface area contributed by atoms with Gasteiger partial charge in [-0.05, 0) is 43.2 Å². The smallest absolute Gasteiger partial charge is 0.343 e. The SMILES string of the molecule is Cn1c(C2C(C3CC3)CCN2C(=O)CCn2cccc2)n[nH]c1=O. The number of rotatable bonds is 5. The van der Waals surface area contributed by atoms with Gasteiger partial charge in [0.05, 0.1) is 6.04 Å². The summed E-state index contributed by atoms with van der Waals surface area (Å²) in [5.74, 6) is 1.94. The topological polar surface area (TPSA) is 75.9 Å². The van der Waals surface area contributed by atoms with E-state index in [2.05, 4.69) is 10.2 Å². The summed E-state index contributed by atoms with van der Waals surface area (Å²) < 4.78 is 3.57. The van der Waals surface area contributed by atoms with Crippen molar-refractivity contribution >= 4 is 5.91 Å². The minimum Gasteiger partial charge on any atom is -0.354 e. The summed E-state index contributed by atoms with van der Waals surface area (Å²) >= 11 is 0. The second kappa shape index (κ2) is 5.96.